The van der Waals surface area contributed by atoms with Crippen LogP contribution in [0.2, 0.25) is 0 Å². The third kappa shape index (κ3) is 4.39. The fraction of sp³-hybridized carbons (Fsp3) is 0.320. The van der Waals surface area contributed by atoms with Crippen LogP contribution >= 0.6 is 11.3 Å². The van der Waals surface area contributed by atoms with E-state index < -0.39 is 0 Å². The highest BCUT2D eigenvalue weighted by Crippen LogP contribution is 2.42. The Labute approximate surface area is 187 Å². The summed E-state index contributed by atoms with van der Waals surface area (Å²) in [4.78, 5) is 16.6. The molecule has 1 aliphatic heterocycles. The van der Waals surface area contributed by atoms with Gasteiger partial charge in [-0.3, -0.25) is 4.79 Å². The van der Waals surface area contributed by atoms with Gasteiger partial charge in [0.05, 0.1) is 33.3 Å². The van der Waals surface area contributed by atoms with Gasteiger partial charge in [-0.1, -0.05) is 18.2 Å². The molecule has 0 spiro atoms. The number of methoxy groups -OCH3 is 2. The van der Waals surface area contributed by atoms with Crippen molar-refractivity contribution in [1.82, 2.24) is 4.90 Å². The normalized spacial score (nSPS) is 15.3. The maximum Gasteiger partial charge on any atom is 0.227 e. The van der Waals surface area contributed by atoms with Crippen LogP contribution in [0, 0.1) is 0 Å². The Balaban J connectivity index is 1.65. The Bertz CT molecular complexity index is 1030. The van der Waals surface area contributed by atoms with E-state index in [1.165, 1.54) is 5.56 Å². The molecular formula is C25H27NO4S. The third-order valence-corrected chi connectivity index (χ3v) is 6.52. The highest BCUT2D eigenvalue weighted by molar-refractivity contribution is 7.10. The van der Waals surface area contributed by atoms with Gasteiger partial charge in [0.15, 0.2) is 11.5 Å². The first-order valence-corrected chi connectivity index (χ1v) is 11.3. The Morgan fingerprint density at radius 1 is 1.10 bits per heavy atom. The van der Waals surface area contributed by atoms with E-state index in [0.717, 1.165) is 33.9 Å². The van der Waals surface area contributed by atoms with Gasteiger partial charge in [-0.15, -0.1) is 11.3 Å². The van der Waals surface area contributed by atoms with Crippen molar-refractivity contribution in [3.63, 3.8) is 0 Å². The van der Waals surface area contributed by atoms with Gasteiger partial charge in [0, 0.05) is 11.4 Å². The number of carbonyl (C=O) groups is 1. The molecule has 0 bridgehead atoms. The van der Waals surface area contributed by atoms with Crippen LogP contribution in [0.1, 0.15) is 34.5 Å². The van der Waals surface area contributed by atoms with Crippen molar-refractivity contribution >= 4 is 17.2 Å². The molecule has 1 aromatic heterocycles. The lowest BCUT2D eigenvalue weighted by Crippen LogP contribution is -2.41. The number of nitrogens with zero attached hydrogens (tertiary/aromatic N) is 1. The average molecular weight is 438 g/mol. The van der Waals surface area contributed by atoms with E-state index in [0.29, 0.717) is 25.3 Å². The van der Waals surface area contributed by atoms with Crippen LogP contribution in [0.4, 0.5) is 0 Å². The van der Waals surface area contributed by atoms with E-state index in [2.05, 4.69) is 11.4 Å². The Kier molecular flexibility index (Phi) is 6.47. The number of amides is 1. The number of hydrogen-bond donors (Lipinski definition) is 0. The number of carbonyl (C=O) groups excluding carboxylic acids is 1. The van der Waals surface area contributed by atoms with Crippen LogP contribution < -0.4 is 14.2 Å². The average Bonchev–Trinajstić information content (AvgIpc) is 3.33. The fourth-order valence-electron chi connectivity index (χ4n) is 4.11. The lowest BCUT2D eigenvalue weighted by molar-refractivity contribution is -0.132. The van der Waals surface area contributed by atoms with Crippen LogP contribution in [0.25, 0.3) is 0 Å². The van der Waals surface area contributed by atoms with Crippen LogP contribution in [-0.4, -0.2) is 38.2 Å². The van der Waals surface area contributed by atoms with Crippen LogP contribution in [0.15, 0.2) is 53.9 Å². The van der Waals surface area contributed by atoms with Crippen molar-refractivity contribution < 1.29 is 19.0 Å². The number of benzene rings is 2. The summed E-state index contributed by atoms with van der Waals surface area (Å²) in [5, 5.41) is 2.06. The van der Waals surface area contributed by atoms with Crippen molar-refractivity contribution in [3.05, 3.63) is 75.5 Å². The summed E-state index contributed by atoms with van der Waals surface area (Å²) >= 11 is 1.67. The first-order chi connectivity index (χ1) is 15.1. The summed E-state index contributed by atoms with van der Waals surface area (Å²) in [7, 11) is 3.29. The summed E-state index contributed by atoms with van der Waals surface area (Å²) in [6.45, 7) is 3.25. The van der Waals surface area contributed by atoms with E-state index in [4.69, 9.17) is 14.2 Å². The summed E-state index contributed by atoms with van der Waals surface area (Å²) in [5.74, 6) is 2.34. The molecule has 2 aromatic carbocycles. The molecule has 0 aliphatic carbocycles. The van der Waals surface area contributed by atoms with Crippen LogP contribution in [0.5, 0.6) is 17.2 Å². The fourth-order valence-corrected chi connectivity index (χ4v) is 4.97. The summed E-state index contributed by atoms with van der Waals surface area (Å²) in [6.07, 6.45) is 1.14. The molecule has 2 heterocycles. The summed E-state index contributed by atoms with van der Waals surface area (Å²) in [5.41, 5.74) is 3.28. The van der Waals surface area contributed by atoms with Crippen molar-refractivity contribution in [2.75, 3.05) is 27.4 Å². The van der Waals surface area contributed by atoms with Crippen molar-refractivity contribution in [3.8, 4) is 17.2 Å². The van der Waals surface area contributed by atoms with Gasteiger partial charge < -0.3 is 19.1 Å². The number of hydrogen-bond acceptors (Lipinski definition) is 5. The Morgan fingerprint density at radius 2 is 1.84 bits per heavy atom. The van der Waals surface area contributed by atoms with Crippen molar-refractivity contribution in [2.24, 2.45) is 0 Å². The van der Waals surface area contributed by atoms with Gasteiger partial charge in [0.25, 0.3) is 0 Å². The van der Waals surface area contributed by atoms with E-state index in [1.54, 1.807) is 25.6 Å². The predicted molar refractivity (Wildman–Crippen MR) is 122 cm³/mol. The van der Waals surface area contributed by atoms with Crippen molar-refractivity contribution in [1.29, 1.82) is 0 Å². The maximum absolute atomic E-state index is 13.4. The Morgan fingerprint density at radius 3 is 2.48 bits per heavy atom. The maximum atomic E-state index is 13.4. The molecule has 3 aromatic rings. The standard InChI is InChI=1S/C25H27NO4S/c1-4-30-19-9-7-17(8-10-19)14-24(27)26-12-11-18-15-21(28-2)22(29-3)16-20(18)25(26)23-6-5-13-31-23/h5-10,13,15-16,25H,4,11-12,14H2,1-3H3. The first kappa shape index (κ1) is 21.2. The molecule has 0 fully saturated rings. The largest absolute Gasteiger partial charge is 0.494 e. The lowest BCUT2D eigenvalue weighted by atomic mass is 9.90. The zero-order valence-corrected chi connectivity index (χ0v) is 18.9. The van der Waals surface area contributed by atoms with E-state index in [9.17, 15) is 4.79 Å². The Hall–Kier alpha value is -2.99. The predicted octanol–water partition coefficient (Wildman–Crippen LogP) is 4.88. The summed E-state index contributed by atoms with van der Waals surface area (Å²) < 4.78 is 16.6. The minimum Gasteiger partial charge on any atom is -0.494 e. The molecule has 0 saturated carbocycles. The second-order valence-electron chi connectivity index (χ2n) is 7.41. The SMILES string of the molecule is CCOc1ccc(CC(=O)N2CCc3cc(OC)c(OC)cc3C2c2cccs2)cc1. The van der Waals surface area contributed by atoms with Crippen LogP contribution in [-0.2, 0) is 17.6 Å². The lowest BCUT2D eigenvalue weighted by Gasteiger charge is -2.37. The monoisotopic (exact) mass is 437 g/mol. The summed E-state index contributed by atoms with van der Waals surface area (Å²) in [6, 6.07) is 15.8. The van der Waals surface area contributed by atoms with Gasteiger partial charge in [0.2, 0.25) is 5.91 Å². The van der Waals surface area contributed by atoms with Gasteiger partial charge >= 0.3 is 0 Å². The number of thiophene rings is 1. The second-order valence-corrected chi connectivity index (χ2v) is 8.39. The van der Waals surface area contributed by atoms with Gasteiger partial charge in [-0.25, -0.2) is 0 Å². The highest BCUT2D eigenvalue weighted by atomic mass is 32.1. The molecule has 4 rings (SSSR count). The minimum absolute atomic E-state index is 0.114. The number of fused-ring (bicyclic) bond motifs is 1. The molecule has 0 saturated heterocycles. The zero-order valence-electron chi connectivity index (χ0n) is 18.1. The molecule has 0 radical (unpaired) electrons. The highest BCUT2D eigenvalue weighted by Gasteiger charge is 2.33. The minimum atomic E-state index is -0.126. The van der Waals surface area contributed by atoms with Gasteiger partial charge in [0.1, 0.15) is 5.75 Å². The molecule has 1 unspecified atom stereocenters. The third-order valence-electron chi connectivity index (χ3n) is 5.60. The van der Waals surface area contributed by atoms with Crippen molar-refractivity contribution in [2.45, 2.75) is 25.8 Å². The zero-order chi connectivity index (χ0) is 21.8. The molecule has 6 heteroatoms. The second kappa shape index (κ2) is 9.43. The first-order valence-electron chi connectivity index (χ1n) is 10.4. The van der Waals surface area contributed by atoms with Gasteiger partial charge in [-0.05, 0) is 65.7 Å². The van der Waals surface area contributed by atoms with E-state index in [1.807, 2.05) is 54.3 Å². The molecule has 1 aliphatic rings. The molecule has 1 amide bonds. The molecule has 162 valence electrons. The van der Waals surface area contributed by atoms with E-state index >= 15 is 0 Å². The molecule has 31 heavy (non-hydrogen) atoms. The van der Waals surface area contributed by atoms with Gasteiger partial charge in [-0.2, -0.15) is 0 Å². The molecular weight excluding hydrogens is 410 g/mol. The molecule has 5 nitrogen and oxygen atoms in total. The quantitative estimate of drug-likeness (QED) is 0.529. The molecule has 1 atom stereocenters. The molecule has 0 N–H and O–H groups in total. The van der Waals surface area contributed by atoms with E-state index in [-0.39, 0.29) is 11.9 Å². The van der Waals surface area contributed by atoms with Crippen LogP contribution in [0.3, 0.4) is 0 Å². The smallest absolute Gasteiger partial charge is 0.227 e. The topological polar surface area (TPSA) is 48.0 Å². The number of rotatable bonds is 7. The number of ether oxygens (including phenoxy) is 3.